The van der Waals surface area contributed by atoms with Gasteiger partial charge in [-0.1, -0.05) is 0 Å². The molecule has 11 heteroatoms. The second-order valence-electron chi connectivity index (χ2n) is 3.46. The van der Waals surface area contributed by atoms with E-state index in [1.54, 1.807) is 0 Å². The standard InChI is InChI=1S/C10H7ClF6N2O2/c11-4-8(18)19-5-1-2-6(20-9(12,13)14)7(3-5)21-10(15,16)17/h1-3H,4H2,(H2,18,19). The Morgan fingerprint density at radius 3 is 2.05 bits per heavy atom. The van der Waals surface area contributed by atoms with E-state index in [4.69, 9.17) is 17.3 Å². The predicted molar refractivity (Wildman–Crippen MR) is 61.8 cm³/mol. The zero-order valence-electron chi connectivity index (χ0n) is 9.93. The van der Waals surface area contributed by atoms with Gasteiger partial charge in [-0.15, -0.1) is 37.9 Å². The maximum absolute atomic E-state index is 12.2. The van der Waals surface area contributed by atoms with E-state index in [0.717, 1.165) is 6.07 Å². The number of aliphatic imine (C=N–C) groups is 1. The van der Waals surface area contributed by atoms with E-state index in [1.165, 1.54) is 0 Å². The quantitative estimate of drug-likeness (QED) is 0.395. The average molecular weight is 337 g/mol. The van der Waals surface area contributed by atoms with E-state index in [9.17, 15) is 26.3 Å². The van der Waals surface area contributed by atoms with E-state index >= 15 is 0 Å². The van der Waals surface area contributed by atoms with Crippen molar-refractivity contribution in [3.63, 3.8) is 0 Å². The van der Waals surface area contributed by atoms with Gasteiger partial charge in [-0.25, -0.2) is 4.99 Å². The van der Waals surface area contributed by atoms with E-state index in [2.05, 4.69) is 14.5 Å². The van der Waals surface area contributed by atoms with Gasteiger partial charge in [0.25, 0.3) is 0 Å². The number of amidine groups is 1. The zero-order valence-corrected chi connectivity index (χ0v) is 10.7. The number of hydrogen-bond donors (Lipinski definition) is 1. The Morgan fingerprint density at radius 1 is 1.05 bits per heavy atom. The minimum absolute atomic E-state index is 0.140. The van der Waals surface area contributed by atoms with Gasteiger partial charge in [0, 0.05) is 6.07 Å². The SMILES string of the molecule is NC(CCl)=Nc1ccc(OC(F)(F)F)c(OC(F)(F)F)c1. The summed E-state index contributed by atoms with van der Waals surface area (Å²) in [5.74, 6) is -2.72. The van der Waals surface area contributed by atoms with Gasteiger partial charge in [-0.05, 0) is 12.1 Å². The van der Waals surface area contributed by atoms with Crippen LogP contribution in [0.4, 0.5) is 32.0 Å². The lowest BCUT2D eigenvalue weighted by Gasteiger charge is -2.15. The highest BCUT2D eigenvalue weighted by Gasteiger charge is 2.36. The molecule has 2 N–H and O–H groups in total. The van der Waals surface area contributed by atoms with E-state index in [-0.39, 0.29) is 17.4 Å². The molecule has 1 aromatic carbocycles. The molecule has 0 heterocycles. The first-order valence-electron chi connectivity index (χ1n) is 5.05. The van der Waals surface area contributed by atoms with Gasteiger partial charge in [0.15, 0.2) is 11.5 Å². The van der Waals surface area contributed by atoms with Gasteiger partial charge in [-0.3, -0.25) is 0 Å². The number of benzene rings is 1. The number of alkyl halides is 7. The molecule has 0 radical (unpaired) electrons. The van der Waals surface area contributed by atoms with Crippen LogP contribution in [0.2, 0.25) is 0 Å². The summed E-state index contributed by atoms with van der Waals surface area (Å²) in [4.78, 5) is 3.58. The molecule has 0 saturated carbocycles. The Labute approximate surface area is 119 Å². The minimum atomic E-state index is -5.20. The molecule has 1 aromatic rings. The third-order valence-electron chi connectivity index (χ3n) is 1.79. The summed E-state index contributed by atoms with van der Waals surface area (Å²) >= 11 is 5.33. The first kappa shape index (κ1) is 17.2. The lowest BCUT2D eigenvalue weighted by Crippen LogP contribution is -2.21. The number of halogens is 7. The van der Waals surface area contributed by atoms with Crippen LogP contribution in [-0.2, 0) is 0 Å². The maximum Gasteiger partial charge on any atom is 0.573 e. The van der Waals surface area contributed by atoms with E-state index in [0.29, 0.717) is 12.1 Å². The largest absolute Gasteiger partial charge is 0.573 e. The van der Waals surface area contributed by atoms with Crippen LogP contribution in [0.3, 0.4) is 0 Å². The van der Waals surface area contributed by atoms with Crippen molar-refractivity contribution in [3.8, 4) is 11.5 Å². The van der Waals surface area contributed by atoms with Crippen LogP contribution in [0, 0.1) is 0 Å². The highest BCUT2D eigenvalue weighted by atomic mass is 35.5. The molecule has 1 rings (SSSR count). The summed E-state index contributed by atoms with van der Waals surface area (Å²) in [7, 11) is 0. The highest BCUT2D eigenvalue weighted by molar-refractivity contribution is 6.28. The molecule has 118 valence electrons. The fourth-order valence-electron chi connectivity index (χ4n) is 1.18. The molecule has 0 aliphatic carbocycles. The van der Waals surface area contributed by atoms with Crippen molar-refractivity contribution < 1.29 is 35.8 Å². The summed E-state index contributed by atoms with van der Waals surface area (Å²) in [5.41, 5.74) is 5.09. The van der Waals surface area contributed by atoms with Crippen molar-refractivity contribution in [1.29, 1.82) is 0 Å². The first-order valence-corrected chi connectivity index (χ1v) is 5.58. The Kier molecular flexibility index (Phi) is 5.15. The lowest BCUT2D eigenvalue weighted by atomic mass is 10.3. The van der Waals surface area contributed by atoms with Gasteiger partial charge in [0.1, 0.15) is 5.84 Å². The van der Waals surface area contributed by atoms with Crippen LogP contribution >= 0.6 is 11.6 Å². The van der Waals surface area contributed by atoms with Crippen LogP contribution in [0.25, 0.3) is 0 Å². The normalized spacial score (nSPS) is 13.2. The smallest absolute Gasteiger partial charge is 0.402 e. The lowest BCUT2D eigenvalue weighted by molar-refractivity contribution is -0.287. The average Bonchev–Trinajstić information content (AvgIpc) is 2.28. The Hall–Kier alpha value is -1.84. The number of nitrogens with zero attached hydrogens (tertiary/aromatic N) is 1. The number of ether oxygens (including phenoxy) is 2. The highest BCUT2D eigenvalue weighted by Crippen LogP contribution is 2.38. The van der Waals surface area contributed by atoms with Crippen molar-refractivity contribution in [2.45, 2.75) is 12.7 Å². The Balaban J connectivity index is 3.20. The number of hydrogen-bond acceptors (Lipinski definition) is 3. The van der Waals surface area contributed by atoms with Crippen LogP contribution in [-0.4, -0.2) is 24.4 Å². The monoisotopic (exact) mass is 336 g/mol. The molecular formula is C10H7ClF6N2O2. The van der Waals surface area contributed by atoms with E-state index in [1.807, 2.05) is 0 Å². The molecule has 0 unspecified atom stereocenters. The molecule has 0 atom stereocenters. The maximum atomic E-state index is 12.2. The van der Waals surface area contributed by atoms with Gasteiger partial charge >= 0.3 is 12.7 Å². The summed E-state index contributed by atoms with van der Waals surface area (Å²) in [6.45, 7) is 0. The predicted octanol–water partition coefficient (Wildman–Crippen LogP) is 3.71. The summed E-state index contributed by atoms with van der Waals surface area (Å²) in [6.07, 6.45) is -10.4. The third kappa shape index (κ3) is 6.43. The molecule has 0 fully saturated rings. The number of rotatable bonds is 4. The van der Waals surface area contributed by atoms with Crippen molar-refractivity contribution in [2.24, 2.45) is 10.7 Å². The summed E-state index contributed by atoms with van der Waals surface area (Å²) < 4.78 is 79.7. The van der Waals surface area contributed by atoms with Gasteiger partial charge in [0.2, 0.25) is 0 Å². The van der Waals surface area contributed by atoms with Crippen molar-refractivity contribution >= 4 is 23.1 Å². The van der Waals surface area contributed by atoms with Gasteiger partial charge in [-0.2, -0.15) is 0 Å². The van der Waals surface area contributed by atoms with Crippen LogP contribution in [0.5, 0.6) is 11.5 Å². The van der Waals surface area contributed by atoms with E-state index < -0.39 is 24.2 Å². The minimum Gasteiger partial charge on any atom is -0.402 e. The fourth-order valence-corrected chi connectivity index (χ4v) is 1.24. The van der Waals surface area contributed by atoms with Crippen LogP contribution in [0.1, 0.15) is 0 Å². The van der Waals surface area contributed by atoms with Gasteiger partial charge < -0.3 is 15.2 Å². The van der Waals surface area contributed by atoms with Crippen LogP contribution in [0.15, 0.2) is 23.2 Å². The molecule has 0 aromatic heterocycles. The summed E-state index contributed by atoms with van der Waals surface area (Å²) in [6, 6.07) is 2.17. The topological polar surface area (TPSA) is 56.8 Å². The van der Waals surface area contributed by atoms with Crippen molar-refractivity contribution in [3.05, 3.63) is 18.2 Å². The summed E-state index contributed by atoms with van der Waals surface area (Å²) in [5, 5.41) is 0. The molecule has 0 bridgehead atoms. The van der Waals surface area contributed by atoms with Gasteiger partial charge in [0.05, 0.1) is 11.6 Å². The zero-order chi connectivity index (χ0) is 16.3. The molecule has 0 spiro atoms. The molecule has 0 amide bonds. The molecule has 21 heavy (non-hydrogen) atoms. The molecular weight excluding hydrogens is 330 g/mol. The second-order valence-corrected chi connectivity index (χ2v) is 3.73. The molecule has 0 saturated heterocycles. The van der Waals surface area contributed by atoms with Crippen LogP contribution < -0.4 is 15.2 Å². The molecule has 0 aliphatic rings. The fraction of sp³-hybridized carbons (Fsp3) is 0.300. The Morgan fingerprint density at radius 2 is 1.57 bits per heavy atom. The molecule has 4 nitrogen and oxygen atoms in total. The first-order chi connectivity index (χ1) is 9.50. The number of nitrogens with two attached hydrogens (primary N) is 1. The molecule has 0 aliphatic heterocycles. The Bertz CT molecular complexity index is 529. The van der Waals surface area contributed by atoms with Crippen molar-refractivity contribution in [2.75, 3.05) is 5.88 Å². The van der Waals surface area contributed by atoms with Crippen molar-refractivity contribution in [1.82, 2.24) is 0 Å². The third-order valence-corrected chi connectivity index (χ3v) is 2.06. The second kappa shape index (κ2) is 6.29.